The largest absolute Gasteiger partial charge is 0.454 e. The Morgan fingerprint density at radius 1 is 1.00 bits per heavy atom. The molecule has 1 fully saturated rings. The Bertz CT molecular complexity index is 975. The summed E-state index contributed by atoms with van der Waals surface area (Å²) in [5.41, 5.74) is 2.01. The Labute approximate surface area is 179 Å². The molecule has 156 valence electrons. The molecule has 0 bridgehead atoms. The lowest BCUT2D eigenvalue weighted by molar-refractivity contribution is -0.132. The van der Waals surface area contributed by atoms with Crippen molar-refractivity contribution in [3.63, 3.8) is 0 Å². The number of rotatable bonds is 4. The van der Waals surface area contributed by atoms with Crippen LogP contribution in [0.1, 0.15) is 5.56 Å². The molecule has 0 aliphatic carbocycles. The maximum atomic E-state index is 12.9. The fourth-order valence-electron chi connectivity index (χ4n) is 4.02. The topological polar surface area (TPSA) is 62.3 Å². The van der Waals surface area contributed by atoms with Crippen LogP contribution in [0, 0.1) is 0 Å². The van der Waals surface area contributed by atoms with Crippen LogP contribution in [-0.2, 0) is 16.1 Å². The van der Waals surface area contributed by atoms with Gasteiger partial charge >= 0.3 is 0 Å². The number of fused-ring (bicyclic) bond motifs is 2. The van der Waals surface area contributed by atoms with E-state index in [1.165, 1.54) is 17.3 Å². The average molecular weight is 426 g/mol. The van der Waals surface area contributed by atoms with Gasteiger partial charge < -0.3 is 19.3 Å². The number of nitrogens with zero attached hydrogens (tertiary/aromatic N) is 3. The number of hydrogen-bond acceptors (Lipinski definition) is 6. The number of para-hydroxylation sites is 1. The summed E-state index contributed by atoms with van der Waals surface area (Å²) in [4.78, 5) is 32.2. The first-order valence-corrected chi connectivity index (χ1v) is 11.1. The van der Waals surface area contributed by atoms with E-state index in [4.69, 9.17) is 9.47 Å². The number of amides is 2. The van der Waals surface area contributed by atoms with Gasteiger partial charge in [0.2, 0.25) is 18.6 Å². The minimum atomic E-state index is -0.00602. The van der Waals surface area contributed by atoms with Gasteiger partial charge in [-0.2, -0.15) is 0 Å². The molecule has 0 saturated carbocycles. The molecular formula is C22H23N3O4S. The molecule has 7 nitrogen and oxygen atoms in total. The minimum absolute atomic E-state index is 0.00602. The summed E-state index contributed by atoms with van der Waals surface area (Å²) >= 11 is 1.53. The highest BCUT2D eigenvalue weighted by Crippen LogP contribution is 2.35. The third-order valence-corrected chi connectivity index (χ3v) is 6.72. The fourth-order valence-corrected chi connectivity index (χ4v) is 4.95. The average Bonchev–Trinajstić information content (AvgIpc) is 3.24. The van der Waals surface area contributed by atoms with Crippen LogP contribution >= 0.6 is 11.8 Å². The van der Waals surface area contributed by atoms with E-state index in [0.717, 1.165) is 41.7 Å². The number of piperazine rings is 1. The summed E-state index contributed by atoms with van der Waals surface area (Å²) in [6, 6.07) is 13.8. The summed E-state index contributed by atoms with van der Waals surface area (Å²) in [5.74, 6) is 1.97. The Morgan fingerprint density at radius 3 is 2.67 bits per heavy atom. The van der Waals surface area contributed by atoms with E-state index in [0.29, 0.717) is 18.8 Å². The van der Waals surface area contributed by atoms with Crippen molar-refractivity contribution < 1.29 is 19.1 Å². The molecule has 2 aromatic carbocycles. The zero-order chi connectivity index (χ0) is 20.5. The highest BCUT2D eigenvalue weighted by Gasteiger charge is 2.29. The van der Waals surface area contributed by atoms with Gasteiger partial charge in [-0.05, 0) is 29.8 Å². The Morgan fingerprint density at radius 2 is 1.80 bits per heavy atom. The van der Waals surface area contributed by atoms with E-state index in [1.807, 2.05) is 41.3 Å². The van der Waals surface area contributed by atoms with Crippen molar-refractivity contribution in [1.29, 1.82) is 0 Å². The molecule has 0 radical (unpaired) electrons. The zero-order valence-corrected chi connectivity index (χ0v) is 17.4. The third-order valence-electron chi connectivity index (χ3n) is 5.67. The Kier molecular flexibility index (Phi) is 5.26. The van der Waals surface area contributed by atoms with Crippen LogP contribution < -0.4 is 14.4 Å². The second-order valence-corrected chi connectivity index (χ2v) is 8.60. The highest BCUT2D eigenvalue weighted by molar-refractivity contribution is 8.00. The molecule has 3 aliphatic heterocycles. The van der Waals surface area contributed by atoms with Crippen molar-refractivity contribution in [3.8, 4) is 11.5 Å². The van der Waals surface area contributed by atoms with Crippen molar-refractivity contribution in [2.24, 2.45) is 0 Å². The summed E-state index contributed by atoms with van der Waals surface area (Å²) < 4.78 is 10.8. The zero-order valence-electron chi connectivity index (χ0n) is 16.6. The van der Waals surface area contributed by atoms with Gasteiger partial charge in [-0.1, -0.05) is 18.2 Å². The predicted octanol–water partition coefficient (Wildman–Crippen LogP) is 2.20. The van der Waals surface area contributed by atoms with Gasteiger partial charge in [0.05, 0.1) is 11.4 Å². The van der Waals surface area contributed by atoms with Crippen LogP contribution in [0.4, 0.5) is 5.69 Å². The van der Waals surface area contributed by atoms with Crippen molar-refractivity contribution in [2.75, 3.05) is 50.2 Å². The number of ether oxygens (including phenoxy) is 2. The monoisotopic (exact) mass is 425 g/mol. The van der Waals surface area contributed by atoms with E-state index < -0.39 is 0 Å². The number of hydrogen-bond donors (Lipinski definition) is 0. The maximum Gasteiger partial charge on any atom is 0.242 e. The number of carbonyl (C=O) groups excluding carboxylic acids is 2. The molecule has 2 amide bonds. The van der Waals surface area contributed by atoms with Crippen LogP contribution in [0.5, 0.6) is 11.5 Å². The standard InChI is InChI=1S/C22H23N3O4S/c26-21(13-25-17-3-1-2-4-20(17)30-14-22(25)27)24-9-7-23(8-10-24)12-16-5-6-18-19(11-16)29-15-28-18/h1-6,11H,7-10,12-15H2. The molecule has 0 unspecified atom stereocenters. The van der Waals surface area contributed by atoms with Crippen molar-refractivity contribution >= 4 is 29.3 Å². The van der Waals surface area contributed by atoms with Crippen LogP contribution in [0.15, 0.2) is 47.4 Å². The van der Waals surface area contributed by atoms with Crippen molar-refractivity contribution in [3.05, 3.63) is 48.0 Å². The lowest BCUT2D eigenvalue weighted by Gasteiger charge is -2.36. The number of benzene rings is 2. The third kappa shape index (κ3) is 3.85. The SMILES string of the molecule is O=C(CN1C(=O)CSc2ccccc21)N1CCN(Cc2ccc3c(c2)OCO3)CC1. The van der Waals surface area contributed by atoms with Gasteiger partial charge in [0.15, 0.2) is 11.5 Å². The van der Waals surface area contributed by atoms with Crippen molar-refractivity contribution in [1.82, 2.24) is 9.80 Å². The predicted molar refractivity (Wildman–Crippen MR) is 114 cm³/mol. The van der Waals surface area contributed by atoms with Crippen LogP contribution in [0.3, 0.4) is 0 Å². The van der Waals surface area contributed by atoms with Gasteiger partial charge in [-0.3, -0.25) is 14.5 Å². The summed E-state index contributed by atoms with van der Waals surface area (Å²) in [6.07, 6.45) is 0. The second kappa shape index (κ2) is 8.20. The quantitative estimate of drug-likeness (QED) is 0.749. The van der Waals surface area contributed by atoms with E-state index in [-0.39, 0.29) is 25.2 Å². The molecule has 0 aromatic heterocycles. The van der Waals surface area contributed by atoms with Gasteiger partial charge in [0.1, 0.15) is 6.54 Å². The van der Waals surface area contributed by atoms with E-state index in [2.05, 4.69) is 11.0 Å². The molecule has 1 saturated heterocycles. The van der Waals surface area contributed by atoms with Gasteiger partial charge in [-0.15, -0.1) is 11.8 Å². The molecule has 0 spiro atoms. The summed E-state index contributed by atoms with van der Waals surface area (Å²) in [6.45, 7) is 4.15. The maximum absolute atomic E-state index is 12.9. The molecule has 0 atom stereocenters. The Balaban J connectivity index is 1.17. The highest BCUT2D eigenvalue weighted by atomic mass is 32.2. The van der Waals surface area contributed by atoms with Gasteiger partial charge in [-0.25, -0.2) is 0 Å². The normalized spacial score (nSPS) is 18.5. The smallest absolute Gasteiger partial charge is 0.242 e. The molecule has 30 heavy (non-hydrogen) atoms. The van der Waals surface area contributed by atoms with E-state index in [1.54, 1.807) is 4.90 Å². The summed E-state index contributed by atoms with van der Waals surface area (Å²) in [7, 11) is 0. The lowest BCUT2D eigenvalue weighted by Crippen LogP contribution is -2.52. The lowest BCUT2D eigenvalue weighted by atomic mass is 10.1. The molecule has 0 N–H and O–H groups in total. The minimum Gasteiger partial charge on any atom is -0.454 e. The molecule has 5 rings (SSSR count). The van der Waals surface area contributed by atoms with Crippen LogP contribution in [-0.4, -0.2) is 66.9 Å². The first-order chi connectivity index (χ1) is 14.7. The van der Waals surface area contributed by atoms with Crippen molar-refractivity contribution in [2.45, 2.75) is 11.4 Å². The molecule has 2 aromatic rings. The molecule has 8 heteroatoms. The second-order valence-electron chi connectivity index (χ2n) is 7.58. The molecule has 3 heterocycles. The first kappa shape index (κ1) is 19.3. The first-order valence-electron chi connectivity index (χ1n) is 10.1. The van der Waals surface area contributed by atoms with Crippen LogP contribution in [0.25, 0.3) is 0 Å². The van der Waals surface area contributed by atoms with Gasteiger partial charge in [0, 0.05) is 37.6 Å². The van der Waals surface area contributed by atoms with Gasteiger partial charge in [0.25, 0.3) is 0 Å². The fraction of sp³-hybridized carbons (Fsp3) is 0.364. The van der Waals surface area contributed by atoms with E-state index >= 15 is 0 Å². The molecule has 3 aliphatic rings. The van der Waals surface area contributed by atoms with Crippen LogP contribution in [0.2, 0.25) is 0 Å². The molecular weight excluding hydrogens is 402 g/mol. The number of anilines is 1. The summed E-state index contributed by atoms with van der Waals surface area (Å²) in [5, 5.41) is 0. The number of carbonyl (C=O) groups is 2. The Hall–Kier alpha value is -2.71. The number of thioether (sulfide) groups is 1. The van der Waals surface area contributed by atoms with E-state index in [9.17, 15) is 9.59 Å².